The van der Waals surface area contributed by atoms with E-state index >= 15 is 0 Å². The fourth-order valence-corrected chi connectivity index (χ4v) is 5.22. The molecule has 2 heterocycles. The van der Waals surface area contributed by atoms with E-state index in [1.165, 1.54) is 6.07 Å². The number of halogens is 3. The summed E-state index contributed by atoms with van der Waals surface area (Å²) < 4.78 is 44.6. The molecule has 160 valence electrons. The van der Waals surface area contributed by atoms with Crippen LogP contribution in [-0.2, 0) is 28.7 Å². The predicted octanol–water partition coefficient (Wildman–Crippen LogP) is 2.50. The summed E-state index contributed by atoms with van der Waals surface area (Å²) in [5.74, 6) is 0.164. The van der Waals surface area contributed by atoms with Gasteiger partial charge < -0.3 is 10.1 Å². The first kappa shape index (κ1) is 20.8. The van der Waals surface area contributed by atoms with Gasteiger partial charge in [0.15, 0.2) is 0 Å². The van der Waals surface area contributed by atoms with Gasteiger partial charge in [-0.15, -0.1) is 0 Å². The van der Waals surface area contributed by atoms with Crippen molar-refractivity contribution >= 4 is 5.91 Å². The number of ether oxygens (including phenoxy) is 1. The number of alkyl halides is 3. The molecule has 1 amide bonds. The van der Waals surface area contributed by atoms with Gasteiger partial charge in [-0.3, -0.25) is 4.90 Å². The Hall–Kier alpha value is -1.44. The number of amides is 1. The van der Waals surface area contributed by atoms with Crippen LogP contribution in [0.15, 0.2) is 18.2 Å². The third-order valence-electron chi connectivity index (χ3n) is 6.94. The molecular weight excluding hydrogens is 381 g/mol. The van der Waals surface area contributed by atoms with Gasteiger partial charge in [-0.1, -0.05) is 6.07 Å². The summed E-state index contributed by atoms with van der Waals surface area (Å²) in [6, 6.07) is 4.75. The molecular formula is C22H30F3N2O2+. The highest BCUT2D eigenvalue weighted by Crippen LogP contribution is 2.38. The maximum atomic E-state index is 13.3. The zero-order chi connectivity index (χ0) is 20.6. The molecule has 0 aromatic heterocycles. The second kappa shape index (κ2) is 8.00. The molecule has 3 atom stereocenters. The van der Waals surface area contributed by atoms with Crippen LogP contribution in [0.25, 0.3) is 0 Å². The molecule has 7 heteroatoms. The van der Waals surface area contributed by atoms with Crippen LogP contribution >= 0.6 is 0 Å². The van der Waals surface area contributed by atoms with Crippen molar-refractivity contribution in [3.8, 4) is 0 Å². The van der Waals surface area contributed by atoms with Crippen LogP contribution < -0.4 is 10.2 Å². The van der Waals surface area contributed by atoms with Crippen molar-refractivity contribution in [1.82, 2.24) is 5.32 Å². The molecule has 4 rings (SSSR count). The van der Waals surface area contributed by atoms with E-state index in [9.17, 15) is 18.0 Å². The van der Waals surface area contributed by atoms with E-state index < -0.39 is 17.2 Å². The quantitative estimate of drug-likeness (QED) is 0.803. The van der Waals surface area contributed by atoms with E-state index in [1.807, 2.05) is 6.92 Å². The lowest BCUT2D eigenvalue weighted by Crippen LogP contribution is -3.15. The zero-order valence-corrected chi connectivity index (χ0v) is 16.9. The number of fused-ring (bicyclic) bond motifs is 1. The Labute approximate surface area is 169 Å². The van der Waals surface area contributed by atoms with Crippen LogP contribution in [0.1, 0.15) is 55.7 Å². The molecule has 2 fully saturated rings. The highest BCUT2D eigenvalue weighted by atomic mass is 19.4. The van der Waals surface area contributed by atoms with Gasteiger partial charge in [0.05, 0.1) is 17.5 Å². The first-order valence-corrected chi connectivity index (χ1v) is 10.7. The molecule has 0 bridgehead atoms. The second-order valence-electron chi connectivity index (χ2n) is 9.14. The van der Waals surface area contributed by atoms with Crippen molar-refractivity contribution in [1.29, 1.82) is 0 Å². The summed E-state index contributed by atoms with van der Waals surface area (Å²) in [4.78, 5) is 14.1. The highest BCUT2D eigenvalue weighted by molar-refractivity contribution is 5.74. The predicted molar refractivity (Wildman–Crippen MR) is 102 cm³/mol. The molecule has 2 aliphatic heterocycles. The fraction of sp³-hybridized carbons (Fsp3) is 0.682. The molecule has 0 spiro atoms. The van der Waals surface area contributed by atoms with Crippen LogP contribution in [0.5, 0.6) is 0 Å². The minimum Gasteiger partial charge on any atom is -0.381 e. The van der Waals surface area contributed by atoms with E-state index in [2.05, 4.69) is 5.32 Å². The average molecular weight is 411 g/mol. The normalized spacial score (nSPS) is 30.9. The van der Waals surface area contributed by atoms with Gasteiger partial charge in [0.1, 0.15) is 6.54 Å². The van der Waals surface area contributed by atoms with Crippen LogP contribution in [0.3, 0.4) is 0 Å². The summed E-state index contributed by atoms with van der Waals surface area (Å²) in [6.45, 7) is 4.63. The van der Waals surface area contributed by atoms with Gasteiger partial charge in [-0.05, 0) is 56.7 Å². The molecule has 0 radical (unpaired) electrons. The van der Waals surface area contributed by atoms with E-state index in [1.54, 1.807) is 6.07 Å². The number of hydrogen-bond donors (Lipinski definition) is 2. The fourth-order valence-electron chi connectivity index (χ4n) is 5.22. The highest BCUT2D eigenvalue weighted by Gasteiger charge is 2.47. The van der Waals surface area contributed by atoms with E-state index in [4.69, 9.17) is 4.74 Å². The third-order valence-corrected chi connectivity index (χ3v) is 6.94. The Morgan fingerprint density at radius 3 is 2.66 bits per heavy atom. The number of benzene rings is 1. The Morgan fingerprint density at radius 2 is 1.93 bits per heavy atom. The van der Waals surface area contributed by atoms with Crippen molar-refractivity contribution in [3.63, 3.8) is 0 Å². The minimum atomic E-state index is -4.35. The molecule has 1 aliphatic carbocycles. The lowest BCUT2D eigenvalue weighted by molar-refractivity contribution is -0.840. The number of hydrogen-bond acceptors (Lipinski definition) is 3. The second-order valence-corrected chi connectivity index (χ2v) is 9.14. The van der Waals surface area contributed by atoms with E-state index in [0.29, 0.717) is 37.2 Å². The first-order valence-electron chi connectivity index (χ1n) is 10.7. The Balaban J connectivity index is 1.41. The van der Waals surface area contributed by atoms with Crippen molar-refractivity contribution in [3.05, 3.63) is 34.9 Å². The minimum absolute atomic E-state index is 0.164. The molecule has 4 nitrogen and oxygen atoms in total. The van der Waals surface area contributed by atoms with Gasteiger partial charge in [0.25, 0.3) is 0 Å². The zero-order valence-electron chi connectivity index (χ0n) is 16.9. The Kier molecular flexibility index (Phi) is 5.75. The summed E-state index contributed by atoms with van der Waals surface area (Å²) in [7, 11) is 0. The van der Waals surface area contributed by atoms with Crippen molar-refractivity contribution in [2.24, 2.45) is 5.41 Å². The van der Waals surface area contributed by atoms with E-state index in [-0.39, 0.29) is 5.91 Å². The van der Waals surface area contributed by atoms with Crippen LogP contribution in [-0.4, -0.2) is 37.7 Å². The smallest absolute Gasteiger partial charge is 0.381 e. The standard InChI is InChI=1S/C22H29F3N2O2/c1-21(8-4-19(13-21)26-18-6-10-29-11-7-18)20(28)27-9-5-15-2-3-17(22(23,24)25)12-16(15)14-27/h2-3,12,18-19,26H,4-11,13-14H2,1H3/p+1. The molecule has 1 saturated heterocycles. The molecule has 2 N–H and O–H groups in total. The number of nitrogens with one attached hydrogen (secondary N) is 2. The largest absolute Gasteiger partial charge is 0.416 e. The Morgan fingerprint density at radius 1 is 1.17 bits per heavy atom. The first-order chi connectivity index (χ1) is 13.7. The van der Waals surface area contributed by atoms with Gasteiger partial charge in [0, 0.05) is 37.3 Å². The van der Waals surface area contributed by atoms with E-state index in [0.717, 1.165) is 61.8 Å². The number of carbonyl (C=O) groups excluding carboxylic acids is 1. The summed E-state index contributed by atoms with van der Waals surface area (Å²) >= 11 is 0. The van der Waals surface area contributed by atoms with Crippen LogP contribution in [0, 0.1) is 5.41 Å². The number of rotatable bonds is 3. The monoisotopic (exact) mass is 411 g/mol. The van der Waals surface area contributed by atoms with Crippen LogP contribution in [0.2, 0.25) is 0 Å². The lowest BCUT2D eigenvalue weighted by Gasteiger charge is -2.31. The molecule has 1 aromatic rings. The van der Waals surface area contributed by atoms with Gasteiger partial charge in [-0.2, -0.15) is 13.2 Å². The van der Waals surface area contributed by atoms with Crippen LogP contribution in [0.4, 0.5) is 13.2 Å². The number of carbonyl (C=O) groups is 1. The third kappa shape index (κ3) is 4.52. The molecule has 1 aromatic carbocycles. The Bertz CT molecular complexity index is 761. The average Bonchev–Trinajstić information content (AvgIpc) is 3.08. The maximum Gasteiger partial charge on any atom is 0.416 e. The number of quaternary nitrogens is 1. The summed E-state index contributed by atoms with van der Waals surface area (Å²) in [6.07, 6.45) is 0.939. The summed E-state index contributed by atoms with van der Waals surface area (Å²) in [5, 5.41) is 3.70. The van der Waals surface area contributed by atoms with Crippen molar-refractivity contribution in [2.75, 3.05) is 19.8 Å². The van der Waals surface area contributed by atoms with Gasteiger partial charge in [-0.25, -0.2) is 4.79 Å². The lowest BCUT2D eigenvalue weighted by atomic mass is 9.85. The molecule has 1 saturated carbocycles. The molecule has 3 unspecified atom stereocenters. The van der Waals surface area contributed by atoms with Crippen molar-refractivity contribution in [2.45, 2.75) is 70.3 Å². The topological polar surface area (TPSA) is 42.8 Å². The SMILES string of the molecule is CC1(C(=O)[NH+]2CCc3ccc(C(F)(F)F)cc3C2)CCC(NC2CCOCC2)C1. The maximum absolute atomic E-state index is 13.3. The van der Waals surface area contributed by atoms with Gasteiger partial charge >= 0.3 is 12.1 Å². The molecule has 3 aliphatic rings. The van der Waals surface area contributed by atoms with Crippen molar-refractivity contribution < 1.29 is 27.6 Å². The summed E-state index contributed by atoms with van der Waals surface area (Å²) in [5.41, 5.74) is 0.563. The molecule has 29 heavy (non-hydrogen) atoms. The van der Waals surface area contributed by atoms with Gasteiger partial charge in [0.2, 0.25) is 0 Å².